The molecule has 0 atom stereocenters. The van der Waals surface area contributed by atoms with Crippen LogP contribution in [0.3, 0.4) is 0 Å². The third kappa shape index (κ3) is 4.83. The van der Waals surface area contributed by atoms with E-state index < -0.39 is 5.91 Å². The third-order valence-corrected chi connectivity index (χ3v) is 5.94. The lowest BCUT2D eigenvalue weighted by molar-refractivity contribution is -0.115. The molecule has 1 aromatic heterocycles. The number of nitrogens with two attached hydrogens (primary N) is 1. The number of carbonyl (C=O) groups is 2. The fourth-order valence-electron chi connectivity index (χ4n) is 2.18. The number of anilines is 1. The predicted molar refractivity (Wildman–Crippen MR) is 115 cm³/mol. The second kappa shape index (κ2) is 8.65. The van der Waals surface area contributed by atoms with Crippen LogP contribution < -0.4 is 11.1 Å². The number of nitrogens with one attached hydrogen (secondary N) is 1. The van der Waals surface area contributed by atoms with Crippen molar-refractivity contribution in [2.75, 3.05) is 11.1 Å². The normalized spacial score (nSPS) is 10.5. The Morgan fingerprint density at radius 1 is 1.15 bits per heavy atom. The number of amides is 2. The van der Waals surface area contributed by atoms with Crippen LogP contribution in [0.25, 0.3) is 11.3 Å². The van der Waals surface area contributed by atoms with Gasteiger partial charge < -0.3 is 5.73 Å². The molecule has 3 N–H and O–H groups in total. The lowest BCUT2D eigenvalue weighted by atomic mass is 10.2. The van der Waals surface area contributed by atoms with Gasteiger partial charge in [-0.1, -0.05) is 24.3 Å². The van der Waals surface area contributed by atoms with Crippen LogP contribution >= 0.6 is 45.7 Å². The summed E-state index contributed by atoms with van der Waals surface area (Å²) in [5, 5.41) is 5.26. The van der Waals surface area contributed by atoms with Crippen LogP contribution in [-0.4, -0.2) is 22.6 Å². The molecule has 0 fully saturated rings. The lowest BCUT2D eigenvalue weighted by Crippen LogP contribution is -2.15. The molecule has 26 heavy (non-hydrogen) atoms. The van der Waals surface area contributed by atoms with Crippen LogP contribution in [0, 0.1) is 3.57 Å². The van der Waals surface area contributed by atoms with Crippen LogP contribution in [0.1, 0.15) is 10.4 Å². The number of nitrogens with zero attached hydrogens (tertiary/aromatic N) is 1. The van der Waals surface area contributed by atoms with E-state index in [4.69, 9.17) is 5.73 Å². The smallest absolute Gasteiger partial charge is 0.258 e. The second-order valence-corrected chi connectivity index (χ2v) is 8.37. The average molecular weight is 495 g/mol. The number of carbonyl (C=O) groups excluding carboxylic acids is 2. The van der Waals surface area contributed by atoms with Crippen molar-refractivity contribution in [3.05, 3.63) is 63.0 Å². The molecule has 8 heteroatoms. The van der Waals surface area contributed by atoms with Crippen molar-refractivity contribution >= 4 is 62.6 Å². The number of aromatic nitrogens is 1. The number of rotatable bonds is 6. The molecule has 0 aliphatic heterocycles. The highest BCUT2D eigenvalue weighted by molar-refractivity contribution is 14.1. The van der Waals surface area contributed by atoms with Crippen molar-refractivity contribution in [1.29, 1.82) is 0 Å². The zero-order valence-corrected chi connectivity index (χ0v) is 17.2. The summed E-state index contributed by atoms with van der Waals surface area (Å²) in [6.45, 7) is 0. The minimum absolute atomic E-state index is 0.124. The van der Waals surface area contributed by atoms with Crippen molar-refractivity contribution in [2.24, 2.45) is 5.73 Å². The quantitative estimate of drug-likeness (QED) is 0.396. The molecule has 3 rings (SSSR count). The van der Waals surface area contributed by atoms with E-state index in [1.54, 1.807) is 18.2 Å². The molecular formula is C18H14IN3O2S2. The molecule has 0 aliphatic carbocycles. The first-order valence-electron chi connectivity index (χ1n) is 7.56. The Kier molecular flexibility index (Phi) is 6.28. The van der Waals surface area contributed by atoms with Gasteiger partial charge in [0.05, 0.1) is 17.0 Å². The Morgan fingerprint density at radius 3 is 2.62 bits per heavy atom. The second-order valence-electron chi connectivity index (χ2n) is 5.25. The first kappa shape index (κ1) is 18.9. The molecule has 3 aromatic rings. The molecule has 1 heterocycles. The van der Waals surface area contributed by atoms with E-state index in [0.29, 0.717) is 15.6 Å². The zero-order valence-electron chi connectivity index (χ0n) is 13.4. The van der Waals surface area contributed by atoms with E-state index in [9.17, 15) is 9.59 Å². The van der Waals surface area contributed by atoms with Crippen LogP contribution in [0.4, 0.5) is 5.13 Å². The Hall–Kier alpha value is -1.91. The van der Waals surface area contributed by atoms with E-state index in [1.165, 1.54) is 23.1 Å². The van der Waals surface area contributed by atoms with Gasteiger partial charge in [0.2, 0.25) is 5.91 Å². The number of primary amides is 1. The molecule has 0 radical (unpaired) electrons. The van der Waals surface area contributed by atoms with Gasteiger partial charge in [-0.05, 0) is 46.9 Å². The Bertz CT molecular complexity index is 942. The number of hydrogen-bond acceptors (Lipinski definition) is 5. The number of thiazole rings is 1. The van der Waals surface area contributed by atoms with Crippen molar-refractivity contribution in [1.82, 2.24) is 4.98 Å². The van der Waals surface area contributed by atoms with Gasteiger partial charge in [0.1, 0.15) is 0 Å². The van der Waals surface area contributed by atoms with Crippen LogP contribution in [-0.2, 0) is 4.79 Å². The van der Waals surface area contributed by atoms with Gasteiger partial charge in [0, 0.05) is 19.4 Å². The standard InChI is InChI=1S/C18H14IN3O2S2/c19-12-7-5-11(6-8-12)14-9-26-18(21-14)22-17(24)13-3-1-2-4-15(13)25-10-16(20)23/h1-9H,10H2,(H2,20,23)(H,21,22,24). The van der Waals surface area contributed by atoms with Crippen LogP contribution in [0.2, 0.25) is 0 Å². The zero-order chi connectivity index (χ0) is 18.5. The maximum Gasteiger partial charge on any atom is 0.258 e. The number of hydrogen-bond donors (Lipinski definition) is 2. The monoisotopic (exact) mass is 495 g/mol. The van der Waals surface area contributed by atoms with E-state index in [1.807, 2.05) is 35.7 Å². The highest BCUT2D eigenvalue weighted by Crippen LogP contribution is 2.27. The van der Waals surface area contributed by atoms with E-state index in [-0.39, 0.29) is 11.7 Å². The highest BCUT2D eigenvalue weighted by Gasteiger charge is 2.14. The summed E-state index contributed by atoms with van der Waals surface area (Å²) in [6, 6.07) is 15.1. The van der Waals surface area contributed by atoms with Gasteiger partial charge >= 0.3 is 0 Å². The van der Waals surface area contributed by atoms with E-state index in [2.05, 4.69) is 32.9 Å². The summed E-state index contributed by atoms with van der Waals surface area (Å²) >= 11 is 4.87. The van der Waals surface area contributed by atoms with Gasteiger partial charge in [-0.15, -0.1) is 23.1 Å². The molecule has 0 spiro atoms. The first-order chi connectivity index (χ1) is 12.5. The molecule has 2 amide bonds. The molecule has 0 bridgehead atoms. The van der Waals surface area contributed by atoms with Gasteiger partial charge in [-0.25, -0.2) is 4.98 Å². The molecule has 2 aromatic carbocycles. The van der Waals surface area contributed by atoms with Crippen molar-refractivity contribution < 1.29 is 9.59 Å². The summed E-state index contributed by atoms with van der Waals surface area (Å²) < 4.78 is 1.15. The Labute approximate surface area is 172 Å². The molecule has 5 nitrogen and oxygen atoms in total. The van der Waals surface area contributed by atoms with Gasteiger partial charge in [0.15, 0.2) is 5.13 Å². The molecule has 0 saturated carbocycles. The lowest BCUT2D eigenvalue weighted by Gasteiger charge is -2.07. The summed E-state index contributed by atoms with van der Waals surface area (Å²) in [5.74, 6) is -0.563. The molecule has 0 aliphatic rings. The number of benzene rings is 2. The SMILES string of the molecule is NC(=O)CSc1ccccc1C(=O)Nc1nc(-c2ccc(I)cc2)cs1. The fraction of sp³-hybridized carbons (Fsp3) is 0.0556. The summed E-state index contributed by atoms with van der Waals surface area (Å²) in [5.41, 5.74) is 7.50. The van der Waals surface area contributed by atoms with Gasteiger partial charge in [0.25, 0.3) is 5.91 Å². The van der Waals surface area contributed by atoms with Gasteiger partial charge in [-0.3, -0.25) is 14.9 Å². The minimum atomic E-state index is -0.424. The average Bonchev–Trinajstić information content (AvgIpc) is 3.09. The third-order valence-electron chi connectivity index (χ3n) is 3.37. The van der Waals surface area contributed by atoms with E-state index >= 15 is 0 Å². The summed E-state index contributed by atoms with van der Waals surface area (Å²) in [4.78, 5) is 28.8. The summed E-state index contributed by atoms with van der Waals surface area (Å²) in [6.07, 6.45) is 0. The Morgan fingerprint density at radius 2 is 1.88 bits per heavy atom. The number of thioether (sulfide) groups is 1. The van der Waals surface area contributed by atoms with Crippen LogP contribution in [0.15, 0.2) is 58.8 Å². The largest absolute Gasteiger partial charge is 0.369 e. The molecule has 0 saturated heterocycles. The summed E-state index contributed by atoms with van der Waals surface area (Å²) in [7, 11) is 0. The Balaban J connectivity index is 1.75. The predicted octanol–water partition coefficient (Wildman–Crippen LogP) is 4.24. The maximum absolute atomic E-state index is 12.6. The van der Waals surface area contributed by atoms with Crippen molar-refractivity contribution in [3.63, 3.8) is 0 Å². The topological polar surface area (TPSA) is 85.1 Å². The molecule has 132 valence electrons. The van der Waals surface area contributed by atoms with Gasteiger partial charge in [-0.2, -0.15) is 0 Å². The van der Waals surface area contributed by atoms with Crippen molar-refractivity contribution in [2.45, 2.75) is 4.90 Å². The highest BCUT2D eigenvalue weighted by atomic mass is 127. The fourth-order valence-corrected chi connectivity index (χ4v) is 4.04. The van der Waals surface area contributed by atoms with Crippen LogP contribution in [0.5, 0.6) is 0 Å². The first-order valence-corrected chi connectivity index (χ1v) is 10.5. The maximum atomic E-state index is 12.6. The number of halogens is 1. The minimum Gasteiger partial charge on any atom is -0.369 e. The van der Waals surface area contributed by atoms with E-state index in [0.717, 1.165) is 14.8 Å². The molecular weight excluding hydrogens is 481 g/mol. The van der Waals surface area contributed by atoms with Crippen molar-refractivity contribution in [3.8, 4) is 11.3 Å². The molecule has 0 unspecified atom stereocenters.